The number of hydrogen-bond donors (Lipinski definition) is 2. The van der Waals surface area contributed by atoms with Gasteiger partial charge in [-0.05, 0) is 24.6 Å². The summed E-state index contributed by atoms with van der Waals surface area (Å²) in [4.78, 5) is 15.9. The minimum absolute atomic E-state index is 0.230. The van der Waals surface area contributed by atoms with Gasteiger partial charge in [-0.1, -0.05) is 13.3 Å². The fourth-order valence-electron chi connectivity index (χ4n) is 1.68. The Morgan fingerprint density at radius 1 is 1.47 bits per heavy atom. The van der Waals surface area contributed by atoms with Gasteiger partial charge in [0.2, 0.25) is 0 Å². The predicted molar refractivity (Wildman–Crippen MR) is 66.3 cm³/mol. The Kier molecular flexibility index (Phi) is 3.39. The van der Waals surface area contributed by atoms with Crippen LogP contribution in [0.1, 0.15) is 19.8 Å². The lowest BCUT2D eigenvalue weighted by atomic mass is 10.3. The number of nitrogens with zero attached hydrogens (tertiary/aromatic N) is 2. The zero-order chi connectivity index (χ0) is 12.3. The van der Waals surface area contributed by atoms with Gasteiger partial charge in [-0.3, -0.25) is 10.2 Å². The molecule has 0 aliphatic rings. The average Bonchev–Trinajstić information content (AvgIpc) is 2.33. The quantitative estimate of drug-likeness (QED) is 0.775. The highest BCUT2D eigenvalue weighted by molar-refractivity contribution is 5.74. The third-order valence-corrected chi connectivity index (χ3v) is 2.49. The molecule has 0 saturated heterocycles. The van der Waals surface area contributed by atoms with Crippen molar-refractivity contribution in [2.24, 2.45) is 0 Å². The topological polar surface area (TPSA) is 67.2 Å². The molecule has 2 N–H and O–H groups in total. The molecule has 1 atom stereocenters. The van der Waals surface area contributed by atoms with Crippen LogP contribution in [0.4, 0.5) is 0 Å². The molecule has 2 rings (SSSR count). The monoisotopic (exact) mass is 233 g/mol. The Morgan fingerprint density at radius 3 is 3.06 bits per heavy atom. The molecule has 1 unspecified atom stereocenters. The zero-order valence-corrected chi connectivity index (χ0v) is 9.63. The molecule has 0 radical (unpaired) electrons. The number of fused-ring (bicyclic) bond motifs is 1. The summed E-state index contributed by atoms with van der Waals surface area (Å²) in [6.07, 6.45) is 2.29. The smallest absolute Gasteiger partial charge is 0.270 e. The first-order valence-corrected chi connectivity index (χ1v) is 5.64. The van der Waals surface area contributed by atoms with Gasteiger partial charge in [0, 0.05) is 17.6 Å². The van der Waals surface area contributed by atoms with Gasteiger partial charge in [0.05, 0.1) is 0 Å². The second kappa shape index (κ2) is 4.97. The first kappa shape index (κ1) is 11.6. The lowest BCUT2D eigenvalue weighted by molar-refractivity contribution is 0.177. The van der Waals surface area contributed by atoms with E-state index in [0.717, 1.165) is 11.8 Å². The van der Waals surface area contributed by atoms with Crippen molar-refractivity contribution >= 4 is 11.0 Å². The maximum atomic E-state index is 11.7. The van der Waals surface area contributed by atoms with E-state index in [1.54, 1.807) is 18.3 Å². The van der Waals surface area contributed by atoms with E-state index in [4.69, 9.17) is 0 Å². The Morgan fingerprint density at radius 2 is 2.29 bits per heavy atom. The Hall–Kier alpha value is -1.88. The minimum Gasteiger partial charge on any atom is -0.372 e. The van der Waals surface area contributed by atoms with Crippen molar-refractivity contribution in [1.29, 1.82) is 0 Å². The molecule has 0 aliphatic carbocycles. The molecule has 0 spiro atoms. The standard InChI is InChI=1S/C12H15N3O2/c1-2-4-10(16)14-15-11(17)7-6-9-5-3-8-13-12(9)15/h3,5-8,10,14,16H,2,4H2,1H3. The van der Waals surface area contributed by atoms with E-state index >= 15 is 0 Å². The molecule has 90 valence electrons. The van der Waals surface area contributed by atoms with Crippen LogP contribution in [-0.2, 0) is 0 Å². The average molecular weight is 233 g/mol. The van der Waals surface area contributed by atoms with E-state index in [9.17, 15) is 9.90 Å². The fourth-order valence-corrected chi connectivity index (χ4v) is 1.68. The largest absolute Gasteiger partial charge is 0.372 e. The zero-order valence-electron chi connectivity index (χ0n) is 9.63. The summed E-state index contributed by atoms with van der Waals surface area (Å²) < 4.78 is 1.29. The second-order valence-electron chi connectivity index (χ2n) is 3.86. The van der Waals surface area contributed by atoms with E-state index < -0.39 is 6.23 Å². The van der Waals surface area contributed by atoms with Crippen LogP contribution in [0.15, 0.2) is 35.3 Å². The Bertz CT molecular complexity index is 565. The summed E-state index contributed by atoms with van der Waals surface area (Å²) in [6.45, 7) is 1.97. The molecule has 0 amide bonds. The fraction of sp³-hybridized carbons (Fsp3) is 0.333. The predicted octanol–water partition coefficient (Wildman–Crippen LogP) is 1.06. The number of aliphatic hydroxyl groups excluding tert-OH is 1. The molecule has 0 fully saturated rings. The summed E-state index contributed by atoms with van der Waals surface area (Å²) >= 11 is 0. The van der Waals surface area contributed by atoms with Crippen LogP contribution in [0.2, 0.25) is 0 Å². The third-order valence-electron chi connectivity index (χ3n) is 2.49. The molecular weight excluding hydrogens is 218 g/mol. The first-order valence-electron chi connectivity index (χ1n) is 5.64. The summed E-state index contributed by atoms with van der Waals surface area (Å²) in [5.41, 5.74) is 3.04. The molecule has 2 aromatic heterocycles. The van der Waals surface area contributed by atoms with Crippen molar-refractivity contribution in [3.05, 3.63) is 40.8 Å². The van der Waals surface area contributed by atoms with Gasteiger partial charge >= 0.3 is 0 Å². The second-order valence-corrected chi connectivity index (χ2v) is 3.86. The SMILES string of the molecule is CCCC(O)Nn1c(=O)ccc2cccnc21. The number of aromatic nitrogens is 2. The molecule has 5 nitrogen and oxygen atoms in total. The van der Waals surface area contributed by atoms with Crippen molar-refractivity contribution in [3.8, 4) is 0 Å². The van der Waals surface area contributed by atoms with Gasteiger partial charge in [-0.25, -0.2) is 9.66 Å². The van der Waals surface area contributed by atoms with Gasteiger partial charge in [0.25, 0.3) is 5.56 Å². The molecule has 2 aromatic rings. The van der Waals surface area contributed by atoms with Crippen LogP contribution in [0.25, 0.3) is 11.0 Å². The van der Waals surface area contributed by atoms with Gasteiger partial charge in [0.15, 0.2) is 5.65 Å². The van der Waals surface area contributed by atoms with E-state index in [0.29, 0.717) is 12.1 Å². The molecule has 5 heteroatoms. The van der Waals surface area contributed by atoms with Gasteiger partial charge in [-0.15, -0.1) is 0 Å². The minimum atomic E-state index is -0.745. The maximum Gasteiger partial charge on any atom is 0.270 e. The highest BCUT2D eigenvalue weighted by Crippen LogP contribution is 2.07. The highest BCUT2D eigenvalue weighted by Gasteiger charge is 2.07. The molecule has 17 heavy (non-hydrogen) atoms. The molecule has 0 aromatic carbocycles. The third kappa shape index (κ3) is 2.45. The number of hydrogen-bond acceptors (Lipinski definition) is 4. The highest BCUT2D eigenvalue weighted by atomic mass is 16.3. The van der Waals surface area contributed by atoms with Crippen LogP contribution in [0.5, 0.6) is 0 Å². The lowest BCUT2D eigenvalue weighted by Gasteiger charge is -2.16. The molecule has 2 heterocycles. The van der Waals surface area contributed by atoms with Crippen molar-refractivity contribution in [1.82, 2.24) is 9.66 Å². The Labute approximate surface area is 98.7 Å². The van der Waals surface area contributed by atoms with Crippen LogP contribution < -0.4 is 11.0 Å². The van der Waals surface area contributed by atoms with Gasteiger partial charge in [0.1, 0.15) is 6.23 Å². The van der Waals surface area contributed by atoms with Gasteiger partial charge in [-0.2, -0.15) is 0 Å². The van der Waals surface area contributed by atoms with E-state index in [-0.39, 0.29) is 5.56 Å². The molecule has 0 bridgehead atoms. The van der Waals surface area contributed by atoms with Crippen molar-refractivity contribution < 1.29 is 5.11 Å². The van der Waals surface area contributed by atoms with Crippen LogP contribution in [-0.4, -0.2) is 21.0 Å². The summed E-state index contributed by atoms with van der Waals surface area (Å²) in [5, 5.41) is 10.5. The number of rotatable bonds is 4. The van der Waals surface area contributed by atoms with Crippen molar-refractivity contribution in [3.63, 3.8) is 0 Å². The van der Waals surface area contributed by atoms with E-state index in [1.807, 2.05) is 13.0 Å². The summed E-state index contributed by atoms with van der Waals surface area (Å²) in [5.74, 6) is 0. The van der Waals surface area contributed by atoms with E-state index in [1.165, 1.54) is 10.7 Å². The van der Waals surface area contributed by atoms with Crippen LogP contribution in [0.3, 0.4) is 0 Å². The van der Waals surface area contributed by atoms with Crippen LogP contribution >= 0.6 is 0 Å². The Balaban J connectivity index is 2.44. The molecule has 0 aliphatic heterocycles. The lowest BCUT2D eigenvalue weighted by Crippen LogP contribution is -2.35. The maximum absolute atomic E-state index is 11.7. The molecule has 0 saturated carbocycles. The van der Waals surface area contributed by atoms with Gasteiger partial charge < -0.3 is 5.11 Å². The van der Waals surface area contributed by atoms with Crippen molar-refractivity contribution in [2.75, 3.05) is 5.43 Å². The normalized spacial score (nSPS) is 12.6. The first-order chi connectivity index (χ1) is 8.22. The van der Waals surface area contributed by atoms with E-state index in [2.05, 4.69) is 10.4 Å². The summed E-state index contributed by atoms with van der Waals surface area (Å²) in [7, 11) is 0. The number of pyridine rings is 2. The molecular formula is C12H15N3O2. The summed E-state index contributed by atoms with van der Waals surface area (Å²) in [6, 6.07) is 6.84. The number of nitrogens with one attached hydrogen (secondary N) is 1. The van der Waals surface area contributed by atoms with Crippen LogP contribution in [0, 0.1) is 0 Å². The van der Waals surface area contributed by atoms with Crippen molar-refractivity contribution in [2.45, 2.75) is 26.0 Å². The number of aliphatic hydroxyl groups is 1.